The Morgan fingerprint density at radius 2 is 1.94 bits per heavy atom. The molecule has 0 saturated carbocycles. The highest BCUT2D eigenvalue weighted by molar-refractivity contribution is 5.85. The Labute approximate surface area is 89.4 Å². The van der Waals surface area contributed by atoms with Gasteiger partial charge in [-0.15, -0.1) is 0 Å². The van der Waals surface area contributed by atoms with Crippen LogP contribution >= 0.6 is 0 Å². The molecule has 2 nitrogen and oxygen atoms in total. The van der Waals surface area contributed by atoms with Crippen LogP contribution in [0.2, 0.25) is 0 Å². The quantitative estimate of drug-likeness (QED) is 0.812. The van der Waals surface area contributed by atoms with E-state index in [1.807, 2.05) is 0 Å². The molecular weight excluding hydrogens is 219 g/mol. The number of aliphatic hydroxyl groups excluding tert-OH is 1. The van der Waals surface area contributed by atoms with Crippen molar-refractivity contribution in [3.8, 4) is 0 Å². The molecule has 84 valence electrons. The van der Waals surface area contributed by atoms with Crippen LogP contribution in [-0.2, 0) is 0 Å². The van der Waals surface area contributed by atoms with Gasteiger partial charge in [0.05, 0.1) is 0 Å². The first-order chi connectivity index (χ1) is 7.50. The molecular formula is C11H8F3NO. The lowest BCUT2D eigenvalue weighted by atomic mass is 10.0. The maximum absolute atomic E-state index is 12.4. The van der Waals surface area contributed by atoms with Crippen molar-refractivity contribution < 1.29 is 18.3 Å². The zero-order chi connectivity index (χ0) is 11.8. The summed E-state index contributed by atoms with van der Waals surface area (Å²) in [5.74, 6) is 0. The summed E-state index contributed by atoms with van der Waals surface area (Å²) in [7, 11) is 0. The standard InChI is InChI=1S/C11H8F3NO/c12-11(13,14)10(16)9-3-1-2-7-6-15-5-4-8(7)9/h1-6,10,16H/t10-/m1/s1. The number of alkyl halides is 3. The Bertz CT molecular complexity index is 505. The second kappa shape index (κ2) is 3.75. The summed E-state index contributed by atoms with van der Waals surface area (Å²) in [6.07, 6.45) is -4.26. The van der Waals surface area contributed by atoms with Gasteiger partial charge in [-0.25, -0.2) is 0 Å². The molecule has 0 fully saturated rings. The molecule has 0 aliphatic rings. The molecule has 16 heavy (non-hydrogen) atoms. The Morgan fingerprint density at radius 1 is 1.19 bits per heavy atom. The Balaban J connectivity index is 2.61. The summed E-state index contributed by atoms with van der Waals surface area (Å²) in [5.41, 5.74) is -0.146. The van der Waals surface area contributed by atoms with Crippen LogP contribution in [0.3, 0.4) is 0 Å². The molecule has 0 aliphatic carbocycles. The van der Waals surface area contributed by atoms with Gasteiger partial charge in [-0.3, -0.25) is 4.98 Å². The molecule has 1 aromatic carbocycles. The van der Waals surface area contributed by atoms with E-state index in [0.29, 0.717) is 10.8 Å². The van der Waals surface area contributed by atoms with Gasteiger partial charge in [0.2, 0.25) is 0 Å². The molecule has 2 aromatic rings. The first-order valence-electron chi connectivity index (χ1n) is 4.57. The van der Waals surface area contributed by atoms with Gasteiger partial charge < -0.3 is 5.11 Å². The minimum Gasteiger partial charge on any atom is -0.379 e. The fourth-order valence-electron chi connectivity index (χ4n) is 1.56. The summed E-state index contributed by atoms with van der Waals surface area (Å²) in [5, 5.41) is 10.1. The van der Waals surface area contributed by atoms with Crippen LogP contribution in [0.25, 0.3) is 10.8 Å². The van der Waals surface area contributed by atoms with E-state index in [0.717, 1.165) is 0 Å². The van der Waals surface area contributed by atoms with Crippen LogP contribution in [0.15, 0.2) is 36.7 Å². The van der Waals surface area contributed by atoms with Gasteiger partial charge in [-0.1, -0.05) is 18.2 Å². The number of nitrogens with zero attached hydrogens (tertiary/aromatic N) is 1. The number of fused-ring (bicyclic) bond motifs is 1. The fourth-order valence-corrected chi connectivity index (χ4v) is 1.56. The zero-order valence-electron chi connectivity index (χ0n) is 8.07. The molecule has 1 heterocycles. The number of aliphatic hydroxyl groups is 1. The highest BCUT2D eigenvalue weighted by Gasteiger charge is 2.39. The lowest BCUT2D eigenvalue weighted by Gasteiger charge is -2.16. The van der Waals surface area contributed by atoms with E-state index in [1.165, 1.54) is 30.6 Å². The van der Waals surface area contributed by atoms with E-state index < -0.39 is 12.3 Å². The molecule has 1 N–H and O–H groups in total. The van der Waals surface area contributed by atoms with E-state index in [2.05, 4.69) is 4.98 Å². The smallest absolute Gasteiger partial charge is 0.379 e. The van der Waals surface area contributed by atoms with Crippen molar-refractivity contribution >= 4 is 10.8 Å². The molecule has 0 amide bonds. The minimum absolute atomic E-state index is 0.146. The Kier molecular flexibility index (Phi) is 2.55. The average molecular weight is 227 g/mol. The van der Waals surface area contributed by atoms with Crippen LogP contribution in [0, 0.1) is 0 Å². The fraction of sp³-hybridized carbons (Fsp3) is 0.182. The molecule has 0 bridgehead atoms. The zero-order valence-corrected chi connectivity index (χ0v) is 8.07. The molecule has 0 spiro atoms. The van der Waals surface area contributed by atoms with Gasteiger partial charge in [0.25, 0.3) is 0 Å². The van der Waals surface area contributed by atoms with Gasteiger partial charge >= 0.3 is 6.18 Å². The van der Waals surface area contributed by atoms with Crippen molar-refractivity contribution in [2.75, 3.05) is 0 Å². The van der Waals surface area contributed by atoms with Gasteiger partial charge in [0, 0.05) is 17.8 Å². The predicted molar refractivity (Wildman–Crippen MR) is 52.8 cm³/mol. The van der Waals surface area contributed by atoms with E-state index in [1.54, 1.807) is 6.07 Å². The first-order valence-corrected chi connectivity index (χ1v) is 4.57. The molecule has 0 aliphatic heterocycles. The van der Waals surface area contributed by atoms with Crippen molar-refractivity contribution in [1.82, 2.24) is 4.98 Å². The van der Waals surface area contributed by atoms with Crippen molar-refractivity contribution in [2.45, 2.75) is 12.3 Å². The third kappa shape index (κ3) is 1.86. The lowest BCUT2D eigenvalue weighted by molar-refractivity contribution is -0.206. The molecule has 1 aromatic heterocycles. The summed E-state index contributed by atoms with van der Waals surface area (Å²) in [4.78, 5) is 3.81. The summed E-state index contributed by atoms with van der Waals surface area (Å²) < 4.78 is 37.2. The first kappa shape index (κ1) is 10.9. The SMILES string of the molecule is O[C@H](c1cccc2cnccc12)C(F)(F)F. The van der Waals surface area contributed by atoms with E-state index in [9.17, 15) is 18.3 Å². The van der Waals surface area contributed by atoms with E-state index >= 15 is 0 Å². The largest absolute Gasteiger partial charge is 0.418 e. The topological polar surface area (TPSA) is 33.1 Å². The van der Waals surface area contributed by atoms with Crippen LogP contribution < -0.4 is 0 Å². The number of hydrogen-bond acceptors (Lipinski definition) is 2. The third-order valence-electron chi connectivity index (χ3n) is 2.32. The highest BCUT2D eigenvalue weighted by Crippen LogP contribution is 2.35. The number of aromatic nitrogens is 1. The summed E-state index contributed by atoms with van der Waals surface area (Å²) in [6.45, 7) is 0. The second-order valence-electron chi connectivity index (χ2n) is 3.39. The van der Waals surface area contributed by atoms with Gasteiger partial charge in [-0.2, -0.15) is 13.2 Å². The van der Waals surface area contributed by atoms with Crippen molar-refractivity contribution in [3.63, 3.8) is 0 Å². The number of pyridine rings is 1. The molecule has 1 atom stereocenters. The lowest BCUT2D eigenvalue weighted by Crippen LogP contribution is -2.20. The number of hydrogen-bond donors (Lipinski definition) is 1. The number of halogens is 3. The molecule has 0 unspecified atom stereocenters. The van der Waals surface area contributed by atoms with Gasteiger partial charge in [0.15, 0.2) is 6.10 Å². The molecule has 0 radical (unpaired) electrons. The van der Waals surface area contributed by atoms with Crippen molar-refractivity contribution in [1.29, 1.82) is 0 Å². The monoisotopic (exact) mass is 227 g/mol. The second-order valence-corrected chi connectivity index (χ2v) is 3.39. The maximum atomic E-state index is 12.4. The van der Waals surface area contributed by atoms with Gasteiger partial charge in [0.1, 0.15) is 0 Å². The molecule has 5 heteroatoms. The Hall–Kier alpha value is -1.62. The van der Waals surface area contributed by atoms with Gasteiger partial charge in [-0.05, 0) is 17.0 Å². The van der Waals surface area contributed by atoms with Crippen molar-refractivity contribution in [3.05, 3.63) is 42.2 Å². The van der Waals surface area contributed by atoms with Crippen LogP contribution in [0.1, 0.15) is 11.7 Å². The number of rotatable bonds is 1. The van der Waals surface area contributed by atoms with Crippen LogP contribution in [-0.4, -0.2) is 16.3 Å². The van der Waals surface area contributed by atoms with Crippen LogP contribution in [0.4, 0.5) is 13.2 Å². The van der Waals surface area contributed by atoms with E-state index in [4.69, 9.17) is 0 Å². The summed E-state index contributed by atoms with van der Waals surface area (Å²) in [6, 6.07) is 5.84. The minimum atomic E-state index is -4.66. The predicted octanol–water partition coefficient (Wildman–Crippen LogP) is 2.83. The summed E-state index contributed by atoms with van der Waals surface area (Å²) >= 11 is 0. The highest BCUT2D eigenvalue weighted by atomic mass is 19.4. The maximum Gasteiger partial charge on any atom is 0.418 e. The Morgan fingerprint density at radius 3 is 2.62 bits per heavy atom. The van der Waals surface area contributed by atoms with E-state index in [-0.39, 0.29) is 5.56 Å². The number of benzene rings is 1. The normalized spacial score (nSPS) is 14.0. The third-order valence-corrected chi connectivity index (χ3v) is 2.32. The van der Waals surface area contributed by atoms with Crippen LogP contribution in [0.5, 0.6) is 0 Å². The van der Waals surface area contributed by atoms with Crippen molar-refractivity contribution in [2.24, 2.45) is 0 Å². The average Bonchev–Trinajstić information content (AvgIpc) is 2.26. The molecule has 0 saturated heterocycles. The molecule has 2 rings (SSSR count).